The number of nitrogens with two attached hydrogens (primary N) is 1. The molecule has 2 aromatic rings. The molecule has 1 aliphatic heterocycles. The van der Waals surface area contributed by atoms with Gasteiger partial charge in [-0.3, -0.25) is 9.48 Å². The van der Waals surface area contributed by atoms with Crippen molar-refractivity contribution in [2.75, 3.05) is 6.54 Å². The lowest BCUT2D eigenvalue weighted by molar-refractivity contribution is 0.0998. The van der Waals surface area contributed by atoms with Gasteiger partial charge in [-0.1, -0.05) is 0 Å². The van der Waals surface area contributed by atoms with Gasteiger partial charge in [-0.15, -0.1) is 11.3 Å². The van der Waals surface area contributed by atoms with Crippen LogP contribution in [0.5, 0.6) is 0 Å². The molecule has 6 heteroatoms. The zero-order valence-corrected chi connectivity index (χ0v) is 12.9. The Morgan fingerprint density at radius 2 is 2.48 bits per heavy atom. The Hall–Kier alpha value is -1.66. The Morgan fingerprint density at radius 1 is 1.62 bits per heavy atom. The van der Waals surface area contributed by atoms with Gasteiger partial charge in [0.25, 0.3) is 5.91 Å². The maximum Gasteiger partial charge on any atom is 0.252 e. The first kappa shape index (κ1) is 14.3. The number of aromatic nitrogens is 2. The average molecular weight is 304 g/mol. The van der Waals surface area contributed by atoms with Gasteiger partial charge in [0, 0.05) is 24.5 Å². The summed E-state index contributed by atoms with van der Waals surface area (Å²) >= 11 is 1.80. The fourth-order valence-electron chi connectivity index (χ4n) is 2.86. The van der Waals surface area contributed by atoms with Gasteiger partial charge in [-0.05, 0) is 42.7 Å². The molecule has 0 aliphatic carbocycles. The Morgan fingerprint density at radius 3 is 3.19 bits per heavy atom. The zero-order valence-electron chi connectivity index (χ0n) is 12.1. The second kappa shape index (κ2) is 5.99. The molecule has 0 aromatic carbocycles. The van der Waals surface area contributed by atoms with Crippen molar-refractivity contribution in [1.82, 2.24) is 15.1 Å². The summed E-state index contributed by atoms with van der Waals surface area (Å²) in [4.78, 5) is 12.7. The van der Waals surface area contributed by atoms with Crippen LogP contribution in [0.25, 0.3) is 0 Å². The maximum absolute atomic E-state index is 11.3. The molecular weight excluding hydrogens is 284 g/mol. The van der Waals surface area contributed by atoms with E-state index in [-0.39, 0.29) is 5.91 Å². The number of hydrogen-bond donors (Lipinski definition) is 2. The van der Waals surface area contributed by atoms with E-state index in [9.17, 15) is 4.79 Å². The van der Waals surface area contributed by atoms with E-state index in [1.807, 2.05) is 4.68 Å². The zero-order chi connectivity index (χ0) is 14.8. The van der Waals surface area contributed by atoms with E-state index in [1.165, 1.54) is 10.4 Å². The molecule has 0 unspecified atom stereocenters. The Kier molecular flexibility index (Phi) is 4.07. The van der Waals surface area contributed by atoms with E-state index in [4.69, 9.17) is 5.73 Å². The number of hydrogen-bond acceptors (Lipinski definition) is 4. The minimum absolute atomic E-state index is 0.374. The number of rotatable bonds is 5. The normalized spacial score (nSPS) is 17.7. The summed E-state index contributed by atoms with van der Waals surface area (Å²) in [6.07, 6.45) is 3.55. The Labute approximate surface area is 128 Å². The Bertz CT molecular complexity index is 646. The van der Waals surface area contributed by atoms with Gasteiger partial charge in [-0.2, -0.15) is 5.10 Å². The molecule has 2 aromatic heterocycles. The van der Waals surface area contributed by atoms with Crippen molar-refractivity contribution < 1.29 is 4.79 Å². The number of thiophene rings is 1. The molecule has 21 heavy (non-hydrogen) atoms. The van der Waals surface area contributed by atoms with Crippen LogP contribution in [0.15, 0.2) is 17.6 Å². The van der Waals surface area contributed by atoms with Crippen molar-refractivity contribution in [2.45, 2.75) is 32.9 Å². The summed E-state index contributed by atoms with van der Waals surface area (Å²) < 4.78 is 1.94. The van der Waals surface area contributed by atoms with Crippen LogP contribution in [-0.2, 0) is 19.5 Å². The molecule has 3 rings (SSSR count). The summed E-state index contributed by atoms with van der Waals surface area (Å²) in [6.45, 7) is 4.91. The highest BCUT2D eigenvalue weighted by Gasteiger charge is 2.23. The molecule has 5 nitrogen and oxygen atoms in total. The lowest BCUT2D eigenvalue weighted by atomic mass is 9.96. The van der Waals surface area contributed by atoms with E-state index in [0.717, 1.165) is 38.2 Å². The molecule has 0 radical (unpaired) electrons. The highest BCUT2D eigenvalue weighted by molar-refractivity contribution is 7.10. The van der Waals surface area contributed by atoms with Crippen molar-refractivity contribution in [1.29, 1.82) is 0 Å². The molecule has 0 saturated heterocycles. The van der Waals surface area contributed by atoms with Crippen LogP contribution >= 0.6 is 11.3 Å². The molecular formula is C15H20N4OS. The minimum Gasteiger partial charge on any atom is -0.365 e. The smallest absolute Gasteiger partial charge is 0.252 e. The fraction of sp³-hybridized carbons (Fsp3) is 0.467. The highest BCUT2D eigenvalue weighted by Crippen LogP contribution is 2.22. The number of amides is 1. The lowest BCUT2D eigenvalue weighted by Gasteiger charge is -2.24. The van der Waals surface area contributed by atoms with Crippen molar-refractivity contribution in [3.63, 3.8) is 0 Å². The maximum atomic E-state index is 11.3. The second-order valence-corrected chi connectivity index (χ2v) is 6.61. The first-order chi connectivity index (χ1) is 10.1. The summed E-state index contributed by atoms with van der Waals surface area (Å²) in [5.41, 5.74) is 8.29. The average Bonchev–Trinajstić information content (AvgIpc) is 3.05. The van der Waals surface area contributed by atoms with Crippen molar-refractivity contribution in [3.05, 3.63) is 39.3 Å². The predicted octanol–water partition coefficient (Wildman–Crippen LogP) is 1.70. The van der Waals surface area contributed by atoms with Crippen LogP contribution < -0.4 is 11.1 Å². The molecule has 112 valence electrons. The number of aryl methyl sites for hydroxylation is 1. The van der Waals surface area contributed by atoms with Crippen LogP contribution in [0.4, 0.5) is 0 Å². The van der Waals surface area contributed by atoms with Gasteiger partial charge >= 0.3 is 0 Å². The third-order valence-corrected chi connectivity index (χ3v) is 5.14. The van der Waals surface area contributed by atoms with Crippen molar-refractivity contribution in [3.8, 4) is 0 Å². The van der Waals surface area contributed by atoms with Crippen molar-refractivity contribution >= 4 is 17.2 Å². The predicted molar refractivity (Wildman–Crippen MR) is 83.3 cm³/mol. The first-order valence-electron chi connectivity index (χ1n) is 7.23. The minimum atomic E-state index is -0.374. The molecule has 1 amide bonds. The van der Waals surface area contributed by atoms with E-state index in [0.29, 0.717) is 11.5 Å². The molecule has 0 bridgehead atoms. The molecule has 0 saturated carbocycles. The SMILES string of the molecule is Cc1ccsc1CNC[C@@H]1CCc2c(C(N)=O)cnn2C1. The molecule has 3 heterocycles. The number of fused-ring (bicyclic) bond motifs is 1. The van der Waals surface area contributed by atoms with Crippen LogP contribution in [0.3, 0.4) is 0 Å². The van der Waals surface area contributed by atoms with E-state index in [1.54, 1.807) is 17.5 Å². The third-order valence-electron chi connectivity index (χ3n) is 4.12. The number of primary amides is 1. The number of carbonyl (C=O) groups excluding carboxylic acids is 1. The van der Waals surface area contributed by atoms with Gasteiger partial charge in [-0.25, -0.2) is 0 Å². The standard InChI is InChI=1S/C15H20N4OS/c1-10-4-5-21-14(10)8-17-6-11-2-3-13-12(15(16)20)7-18-19(13)9-11/h4-5,7,11,17H,2-3,6,8-9H2,1H3,(H2,16,20)/t11-/m0/s1. The summed E-state index contributed by atoms with van der Waals surface area (Å²) in [7, 11) is 0. The first-order valence-corrected chi connectivity index (χ1v) is 8.11. The molecule has 1 atom stereocenters. The van der Waals surface area contributed by atoms with Crippen LogP contribution in [0.2, 0.25) is 0 Å². The summed E-state index contributed by atoms with van der Waals surface area (Å²) in [6, 6.07) is 2.16. The summed E-state index contributed by atoms with van der Waals surface area (Å²) in [5.74, 6) is 0.180. The molecule has 3 N–H and O–H groups in total. The quantitative estimate of drug-likeness (QED) is 0.883. The van der Waals surface area contributed by atoms with Crippen LogP contribution in [0.1, 0.15) is 32.9 Å². The molecule has 0 spiro atoms. The number of carbonyl (C=O) groups is 1. The number of nitrogens with one attached hydrogen (secondary N) is 1. The monoisotopic (exact) mass is 304 g/mol. The molecule has 1 aliphatic rings. The molecule has 0 fully saturated rings. The van der Waals surface area contributed by atoms with Gasteiger partial charge < -0.3 is 11.1 Å². The second-order valence-electron chi connectivity index (χ2n) is 5.61. The van der Waals surface area contributed by atoms with Crippen molar-refractivity contribution in [2.24, 2.45) is 11.7 Å². The van der Waals surface area contributed by atoms with E-state index >= 15 is 0 Å². The van der Waals surface area contributed by atoms with Crippen LogP contribution in [0, 0.1) is 12.8 Å². The van der Waals surface area contributed by atoms with E-state index in [2.05, 4.69) is 28.8 Å². The summed E-state index contributed by atoms with van der Waals surface area (Å²) in [5, 5.41) is 9.96. The van der Waals surface area contributed by atoms with Crippen LogP contribution in [-0.4, -0.2) is 22.2 Å². The topological polar surface area (TPSA) is 72.9 Å². The lowest BCUT2D eigenvalue weighted by Crippen LogP contribution is -2.31. The number of nitrogens with zero attached hydrogens (tertiary/aromatic N) is 2. The van der Waals surface area contributed by atoms with Gasteiger partial charge in [0.15, 0.2) is 0 Å². The highest BCUT2D eigenvalue weighted by atomic mass is 32.1. The fourth-order valence-corrected chi connectivity index (χ4v) is 3.73. The van der Waals surface area contributed by atoms with E-state index < -0.39 is 0 Å². The largest absolute Gasteiger partial charge is 0.365 e. The van der Waals surface area contributed by atoms with Gasteiger partial charge in [0.05, 0.1) is 17.5 Å². The third kappa shape index (κ3) is 3.01. The van der Waals surface area contributed by atoms with Gasteiger partial charge in [0.2, 0.25) is 0 Å². The van der Waals surface area contributed by atoms with Gasteiger partial charge in [0.1, 0.15) is 0 Å². The Balaban J connectivity index is 1.55.